The highest BCUT2D eigenvalue weighted by Crippen LogP contribution is 2.35. The first-order valence-corrected chi connectivity index (χ1v) is 11.1. The van der Waals surface area contributed by atoms with Gasteiger partial charge in [-0.1, -0.05) is 40.2 Å². The van der Waals surface area contributed by atoms with Gasteiger partial charge in [-0.25, -0.2) is 4.79 Å². The largest absolute Gasteiger partial charge is 0.495 e. The number of para-hydroxylation sites is 1. The molecule has 1 N–H and O–H groups in total. The average Bonchev–Trinajstić information content (AvgIpc) is 2.78. The van der Waals surface area contributed by atoms with Gasteiger partial charge in [0, 0.05) is 9.86 Å². The first-order chi connectivity index (χ1) is 15.4. The molecule has 32 heavy (non-hydrogen) atoms. The number of amides is 1. The number of hydrogen-bond acceptors (Lipinski definition) is 5. The van der Waals surface area contributed by atoms with E-state index >= 15 is 0 Å². The van der Waals surface area contributed by atoms with Gasteiger partial charge in [-0.3, -0.25) is 4.79 Å². The Morgan fingerprint density at radius 3 is 2.50 bits per heavy atom. The first-order valence-electron chi connectivity index (χ1n) is 9.47. The summed E-state index contributed by atoms with van der Waals surface area (Å²) in [4.78, 5) is 25.7. The zero-order valence-corrected chi connectivity index (χ0v) is 20.2. The molecule has 4 aromatic rings. The maximum Gasteiger partial charge on any atom is 0.344 e. The molecule has 0 bridgehead atoms. The van der Waals surface area contributed by atoms with E-state index in [0.29, 0.717) is 48.4 Å². The molecule has 4 rings (SSSR count). The average molecular weight is 559 g/mol. The number of nitrogens with one attached hydrogen (secondary N) is 1. The van der Waals surface area contributed by atoms with Gasteiger partial charge >= 0.3 is 5.63 Å². The number of methoxy groups -OCH3 is 2. The molecule has 0 saturated heterocycles. The van der Waals surface area contributed by atoms with E-state index in [1.165, 1.54) is 14.2 Å². The Balaban J connectivity index is 1.77. The van der Waals surface area contributed by atoms with Crippen molar-refractivity contribution in [3.05, 3.63) is 85.6 Å². The third kappa shape index (κ3) is 4.28. The molecule has 1 amide bonds. The molecular formula is C24H17Br2NO5. The molecule has 0 aliphatic carbocycles. The van der Waals surface area contributed by atoms with Gasteiger partial charge < -0.3 is 19.2 Å². The van der Waals surface area contributed by atoms with Gasteiger partial charge in [-0.2, -0.15) is 0 Å². The summed E-state index contributed by atoms with van der Waals surface area (Å²) in [6.07, 6.45) is 0. The normalized spacial score (nSPS) is 10.8. The van der Waals surface area contributed by atoms with Gasteiger partial charge in [-0.15, -0.1) is 0 Å². The van der Waals surface area contributed by atoms with Crippen molar-refractivity contribution in [2.45, 2.75) is 0 Å². The second-order valence-electron chi connectivity index (χ2n) is 6.82. The first kappa shape index (κ1) is 22.1. The zero-order valence-electron chi connectivity index (χ0n) is 17.1. The van der Waals surface area contributed by atoms with Crippen LogP contribution in [0.5, 0.6) is 11.5 Å². The van der Waals surface area contributed by atoms with Crippen molar-refractivity contribution in [2.24, 2.45) is 0 Å². The van der Waals surface area contributed by atoms with Crippen molar-refractivity contribution in [1.82, 2.24) is 0 Å². The molecule has 1 aromatic heterocycles. The number of rotatable bonds is 5. The van der Waals surface area contributed by atoms with Crippen LogP contribution in [0.3, 0.4) is 0 Å². The van der Waals surface area contributed by atoms with E-state index in [-0.39, 0.29) is 0 Å². The molecule has 0 aliphatic heterocycles. The summed E-state index contributed by atoms with van der Waals surface area (Å²) in [5.41, 5.74) is 1.74. The number of halogens is 2. The lowest BCUT2D eigenvalue weighted by molar-refractivity contribution is 0.102. The van der Waals surface area contributed by atoms with E-state index in [1.54, 1.807) is 48.5 Å². The molecule has 6 nitrogen and oxygen atoms in total. The fourth-order valence-corrected chi connectivity index (χ4v) is 4.75. The number of fused-ring (bicyclic) bond motifs is 1. The van der Waals surface area contributed by atoms with Crippen LogP contribution in [-0.2, 0) is 0 Å². The third-order valence-corrected chi connectivity index (χ3v) is 5.90. The smallest absolute Gasteiger partial charge is 0.344 e. The molecule has 0 saturated carbocycles. The zero-order chi connectivity index (χ0) is 22.8. The van der Waals surface area contributed by atoms with Gasteiger partial charge in [0.05, 0.1) is 35.5 Å². The maximum atomic E-state index is 13.1. The molecule has 0 aliphatic rings. The Morgan fingerprint density at radius 1 is 0.969 bits per heavy atom. The predicted octanol–water partition coefficient (Wildman–Crippen LogP) is 6.25. The molecule has 162 valence electrons. The fraction of sp³-hybridized carbons (Fsp3) is 0.0833. The second kappa shape index (κ2) is 9.18. The number of anilines is 1. The lowest BCUT2D eigenvalue weighted by Crippen LogP contribution is -2.14. The van der Waals surface area contributed by atoms with E-state index in [1.807, 2.05) is 12.1 Å². The van der Waals surface area contributed by atoms with Crippen molar-refractivity contribution in [3.8, 4) is 22.6 Å². The quantitative estimate of drug-likeness (QED) is 0.293. The van der Waals surface area contributed by atoms with E-state index < -0.39 is 11.5 Å². The van der Waals surface area contributed by atoms with Crippen molar-refractivity contribution < 1.29 is 18.7 Å². The van der Waals surface area contributed by atoms with Crippen molar-refractivity contribution >= 4 is 54.4 Å². The van der Waals surface area contributed by atoms with E-state index in [0.717, 1.165) is 5.39 Å². The monoisotopic (exact) mass is 557 g/mol. The summed E-state index contributed by atoms with van der Waals surface area (Å²) >= 11 is 6.80. The summed E-state index contributed by atoms with van der Waals surface area (Å²) in [6, 6.07) is 17.6. The van der Waals surface area contributed by atoms with Crippen LogP contribution in [0.25, 0.3) is 22.1 Å². The Bertz CT molecular complexity index is 1400. The molecule has 0 fully saturated rings. The minimum absolute atomic E-state index is 0.325. The topological polar surface area (TPSA) is 77.8 Å². The highest BCUT2D eigenvalue weighted by molar-refractivity contribution is 9.11. The minimum Gasteiger partial charge on any atom is -0.495 e. The Labute approximate surface area is 200 Å². The molecule has 3 aromatic carbocycles. The molecule has 0 atom stereocenters. The second-order valence-corrected chi connectivity index (χ2v) is 8.59. The Morgan fingerprint density at radius 2 is 1.75 bits per heavy atom. The Hall–Kier alpha value is -3.10. The van der Waals surface area contributed by atoms with Crippen LogP contribution in [0, 0.1) is 0 Å². The number of carbonyl (C=O) groups is 1. The molecule has 0 spiro atoms. The van der Waals surface area contributed by atoms with Crippen LogP contribution in [0.1, 0.15) is 10.4 Å². The number of carbonyl (C=O) groups excluding carboxylic acids is 1. The van der Waals surface area contributed by atoms with Crippen LogP contribution < -0.4 is 20.4 Å². The van der Waals surface area contributed by atoms with Crippen LogP contribution in [-0.4, -0.2) is 20.1 Å². The number of benzene rings is 3. The molecule has 0 radical (unpaired) electrons. The van der Waals surface area contributed by atoms with Gasteiger partial charge in [0.1, 0.15) is 17.1 Å². The van der Waals surface area contributed by atoms with Crippen LogP contribution in [0.15, 0.2) is 78.8 Å². The van der Waals surface area contributed by atoms with Gasteiger partial charge in [-0.05, 0) is 57.9 Å². The standard InChI is InChI=1S/C24H17Br2NO5/c1-30-21-8-7-13(16-9-14-5-3-4-6-20(14)32-24(16)29)10-19(21)27-23(28)17-11-15(25)12-18(26)22(17)31-2/h3-12H,1-2H3,(H,27,28). The van der Waals surface area contributed by atoms with Crippen LogP contribution in [0.2, 0.25) is 0 Å². The lowest BCUT2D eigenvalue weighted by atomic mass is 10.0. The molecule has 8 heteroatoms. The molecular weight excluding hydrogens is 542 g/mol. The van der Waals surface area contributed by atoms with E-state index in [2.05, 4.69) is 37.2 Å². The summed E-state index contributed by atoms with van der Waals surface area (Å²) < 4.78 is 17.6. The summed E-state index contributed by atoms with van der Waals surface area (Å²) in [5.74, 6) is 0.446. The number of hydrogen-bond donors (Lipinski definition) is 1. The summed E-state index contributed by atoms with van der Waals surface area (Å²) in [7, 11) is 3.00. The van der Waals surface area contributed by atoms with Gasteiger partial charge in [0.15, 0.2) is 0 Å². The highest BCUT2D eigenvalue weighted by Gasteiger charge is 2.19. The van der Waals surface area contributed by atoms with Gasteiger partial charge in [0.25, 0.3) is 5.91 Å². The third-order valence-electron chi connectivity index (χ3n) is 4.86. The van der Waals surface area contributed by atoms with E-state index in [4.69, 9.17) is 13.9 Å². The predicted molar refractivity (Wildman–Crippen MR) is 131 cm³/mol. The van der Waals surface area contributed by atoms with Crippen molar-refractivity contribution in [2.75, 3.05) is 19.5 Å². The SMILES string of the molecule is COc1ccc(-c2cc3ccccc3oc2=O)cc1NC(=O)c1cc(Br)cc(Br)c1OC. The van der Waals surface area contributed by atoms with Crippen molar-refractivity contribution in [3.63, 3.8) is 0 Å². The molecule has 1 heterocycles. The minimum atomic E-state index is -0.469. The van der Waals surface area contributed by atoms with Crippen molar-refractivity contribution in [1.29, 1.82) is 0 Å². The lowest BCUT2D eigenvalue weighted by Gasteiger charge is -2.14. The van der Waals surface area contributed by atoms with Crippen LogP contribution >= 0.6 is 31.9 Å². The van der Waals surface area contributed by atoms with Crippen LogP contribution in [0.4, 0.5) is 5.69 Å². The van der Waals surface area contributed by atoms with E-state index in [9.17, 15) is 9.59 Å². The fourth-order valence-electron chi connectivity index (χ4n) is 3.36. The molecule has 0 unspecified atom stereocenters. The number of ether oxygens (including phenoxy) is 2. The maximum absolute atomic E-state index is 13.1. The highest BCUT2D eigenvalue weighted by atomic mass is 79.9. The summed E-state index contributed by atoms with van der Waals surface area (Å²) in [5, 5.41) is 3.65. The summed E-state index contributed by atoms with van der Waals surface area (Å²) in [6.45, 7) is 0. The van der Waals surface area contributed by atoms with Gasteiger partial charge in [0.2, 0.25) is 0 Å². The Kier molecular flexibility index (Phi) is 6.34.